The van der Waals surface area contributed by atoms with Gasteiger partial charge >= 0.3 is 5.97 Å². The third-order valence-electron chi connectivity index (χ3n) is 6.15. The zero-order chi connectivity index (χ0) is 21.8. The summed E-state index contributed by atoms with van der Waals surface area (Å²) in [5.74, 6) is 1.18. The van der Waals surface area contributed by atoms with E-state index < -0.39 is 0 Å². The zero-order valence-electron chi connectivity index (χ0n) is 18.5. The van der Waals surface area contributed by atoms with Gasteiger partial charge in [-0.05, 0) is 68.7 Å². The van der Waals surface area contributed by atoms with Crippen molar-refractivity contribution in [2.45, 2.75) is 39.0 Å². The molecule has 0 radical (unpaired) electrons. The van der Waals surface area contributed by atoms with Crippen molar-refractivity contribution in [3.63, 3.8) is 0 Å². The Hall–Kier alpha value is -3.08. The van der Waals surface area contributed by atoms with E-state index in [0.717, 1.165) is 40.9 Å². The van der Waals surface area contributed by atoms with Crippen molar-refractivity contribution in [3.05, 3.63) is 66.0 Å². The van der Waals surface area contributed by atoms with E-state index in [2.05, 4.69) is 33.9 Å². The molecule has 5 heteroatoms. The normalized spacial score (nSPS) is 17.5. The van der Waals surface area contributed by atoms with Crippen molar-refractivity contribution in [2.24, 2.45) is 5.92 Å². The van der Waals surface area contributed by atoms with Gasteiger partial charge in [0.2, 0.25) is 0 Å². The minimum Gasteiger partial charge on any atom is -0.465 e. The number of pyridine rings is 1. The number of fused-ring (bicyclic) bond motifs is 1. The Morgan fingerprint density at radius 2 is 1.97 bits per heavy atom. The SMILES string of the molecule is C=C(Nc1cccc2c(N3CCCCC3)nccc12)/C(=C\C(=C/C)C1CC1)C(=O)OC. The van der Waals surface area contributed by atoms with Gasteiger partial charge in [0.15, 0.2) is 0 Å². The quantitative estimate of drug-likeness (QED) is 0.361. The van der Waals surface area contributed by atoms with Crippen molar-refractivity contribution in [2.75, 3.05) is 30.4 Å². The maximum absolute atomic E-state index is 12.5. The Kier molecular flexibility index (Phi) is 6.40. The van der Waals surface area contributed by atoms with Gasteiger partial charge in [-0.15, -0.1) is 0 Å². The Labute approximate surface area is 184 Å². The van der Waals surface area contributed by atoms with Gasteiger partial charge < -0.3 is 15.0 Å². The number of carbonyl (C=O) groups is 1. The molecule has 1 saturated heterocycles. The van der Waals surface area contributed by atoms with Crippen LogP contribution in [0.2, 0.25) is 0 Å². The van der Waals surface area contributed by atoms with Crippen LogP contribution < -0.4 is 10.2 Å². The molecule has 2 aromatic rings. The molecule has 1 N–H and O–H groups in total. The molecule has 1 aliphatic heterocycles. The van der Waals surface area contributed by atoms with Gasteiger partial charge in [-0.2, -0.15) is 0 Å². The number of ether oxygens (including phenoxy) is 1. The lowest BCUT2D eigenvalue weighted by atomic mass is 10.0. The highest BCUT2D eigenvalue weighted by atomic mass is 16.5. The highest BCUT2D eigenvalue weighted by molar-refractivity contribution is 6.02. The number of anilines is 2. The molecule has 0 spiro atoms. The fraction of sp³-hybridized carbons (Fsp3) is 0.385. The number of nitrogens with zero attached hydrogens (tertiary/aromatic N) is 2. The van der Waals surface area contributed by atoms with Gasteiger partial charge in [-0.3, -0.25) is 0 Å². The monoisotopic (exact) mass is 417 g/mol. The van der Waals surface area contributed by atoms with Gasteiger partial charge in [-0.1, -0.05) is 24.8 Å². The van der Waals surface area contributed by atoms with Crippen LogP contribution in [0.25, 0.3) is 10.8 Å². The van der Waals surface area contributed by atoms with E-state index in [0.29, 0.717) is 17.2 Å². The fourth-order valence-electron chi connectivity index (χ4n) is 4.29. The summed E-state index contributed by atoms with van der Waals surface area (Å²) in [5.41, 5.74) is 3.07. The molecule has 1 aromatic heterocycles. The number of allylic oxidation sites excluding steroid dienone is 3. The first kappa shape index (κ1) is 21.2. The fourth-order valence-corrected chi connectivity index (χ4v) is 4.29. The van der Waals surface area contributed by atoms with Gasteiger partial charge in [0.1, 0.15) is 5.82 Å². The molecule has 0 unspecified atom stereocenters. The topological polar surface area (TPSA) is 54.5 Å². The maximum Gasteiger partial charge on any atom is 0.339 e. The highest BCUT2D eigenvalue weighted by Gasteiger charge is 2.26. The van der Waals surface area contributed by atoms with E-state index >= 15 is 0 Å². The molecule has 162 valence electrons. The third kappa shape index (κ3) is 4.66. The summed E-state index contributed by atoms with van der Waals surface area (Å²) >= 11 is 0. The molecule has 0 bridgehead atoms. The molecule has 2 aliphatic rings. The molecule has 0 amide bonds. The largest absolute Gasteiger partial charge is 0.465 e. The average molecular weight is 418 g/mol. The Balaban J connectivity index is 1.66. The van der Waals surface area contributed by atoms with E-state index in [9.17, 15) is 4.79 Å². The summed E-state index contributed by atoms with van der Waals surface area (Å²) in [6.07, 6.45) is 11.9. The summed E-state index contributed by atoms with van der Waals surface area (Å²) in [6.45, 7) is 8.26. The number of piperidine rings is 1. The molecular formula is C26H31N3O2. The molecular weight excluding hydrogens is 386 g/mol. The van der Waals surface area contributed by atoms with E-state index in [4.69, 9.17) is 4.74 Å². The molecule has 0 atom stereocenters. The van der Waals surface area contributed by atoms with Crippen LogP contribution in [0.5, 0.6) is 0 Å². The first-order chi connectivity index (χ1) is 15.1. The first-order valence-electron chi connectivity index (χ1n) is 11.2. The van der Waals surface area contributed by atoms with Gasteiger partial charge in [0, 0.05) is 41.4 Å². The molecule has 1 aromatic carbocycles. The Morgan fingerprint density at radius 3 is 2.65 bits per heavy atom. The Bertz CT molecular complexity index is 1040. The molecule has 5 nitrogen and oxygen atoms in total. The predicted molar refractivity (Wildman–Crippen MR) is 127 cm³/mol. The standard InChI is InChI=1S/C26H31N3O2/c1-4-19(20-11-12-20)17-23(26(30)31-3)18(2)28-24-10-8-9-22-21(24)13-14-27-25(22)29-15-6-5-7-16-29/h4,8-10,13-14,17,20,28H,2,5-7,11-12,15-16H2,1,3H3/b19-4+,23-17+. The van der Waals surface area contributed by atoms with Crippen molar-refractivity contribution in [3.8, 4) is 0 Å². The Morgan fingerprint density at radius 1 is 1.19 bits per heavy atom. The maximum atomic E-state index is 12.5. The van der Waals surface area contributed by atoms with Crippen LogP contribution in [0.1, 0.15) is 39.0 Å². The number of carbonyl (C=O) groups excluding carboxylic acids is 1. The summed E-state index contributed by atoms with van der Waals surface area (Å²) in [6, 6.07) is 8.17. The second kappa shape index (κ2) is 9.38. The summed E-state index contributed by atoms with van der Waals surface area (Å²) < 4.78 is 5.05. The van der Waals surface area contributed by atoms with Gasteiger partial charge in [0.25, 0.3) is 0 Å². The van der Waals surface area contributed by atoms with Crippen molar-refractivity contribution >= 4 is 28.2 Å². The summed E-state index contributed by atoms with van der Waals surface area (Å²) in [4.78, 5) is 19.6. The minimum atomic E-state index is -0.381. The number of hydrogen-bond donors (Lipinski definition) is 1. The van der Waals surface area contributed by atoms with Crippen LogP contribution in [0, 0.1) is 5.92 Å². The number of methoxy groups -OCH3 is 1. The van der Waals surface area contributed by atoms with Crippen LogP contribution in [0.15, 0.2) is 66.0 Å². The van der Waals surface area contributed by atoms with Crippen molar-refractivity contribution in [1.82, 2.24) is 4.98 Å². The lowest BCUT2D eigenvalue weighted by molar-refractivity contribution is -0.135. The number of esters is 1. The molecule has 31 heavy (non-hydrogen) atoms. The van der Waals surface area contributed by atoms with Crippen LogP contribution in [0.4, 0.5) is 11.5 Å². The zero-order valence-corrected chi connectivity index (χ0v) is 18.5. The van der Waals surface area contributed by atoms with Crippen molar-refractivity contribution < 1.29 is 9.53 Å². The lowest BCUT2D eigenvalue weighted by Gasteiger charge is -2.29. The van der Waals surface area contributed by atoms with E-state index in [1.54, 1.807) is 0 Å². The second-order valence-electron chi connectivity index (χ2n) is 8.30. The van der Waals surface area contributed by atoms with Crippen LogP contribution >= 0.6 is 0 Å². The molecule has 1 aliphatic carbocycles. The smallest absolute Gasteiger partial charge is 0.339 e. The molecule has 1 saturated carbocycles. The second-order valence-corrected chi connectivity index (χ2v) is 8.30. The number of rotatable bonds is 7. The average Bonchev–Trinajstić information content (AvgIpc) is 3.65. The third-order valence-corrected chi connectivity index (χ3v) is 6.15. The van der Waals surface area contributed by atoms with Gasteiger partial charge in [0.05, 0.1) is 12.7 Å². The first-order valence-corrected chi connectivity index (χ1v) is 11.2. The molecule has 4 rings (SSSR count). The van der Waals surface area contributed by atoms with E-state index in [1.165, 1.54) is 39.2 Å². The highest BCUT2D eigenvalue weighted by Crippen LogP contribution is 2.38. The van der Waals surface area contributed by atoms with Crippen molar-refractivity contribution in [1.29, 1.82) is 0 Å². The molecule has 2 heterocycles. The number of benzene rings is 1. The lowest BCUT2D eigenvalue weighted by Crippen LogP contribution is -2.30. The van der Waals surface area contributed by atoms with Crippen LogP contribution in [-0.4, -0.2) is 31.2 Å². The number of aromatic nitrogens is 1. The summed E-state index contributed by atoms with van der Waals surface area (Å²) in [7, 11) is 1.41. The predicted octanol–water partition coefficient (Wildman–Crippen LogP) is 5.61. The number of nitrogens with one attached hydrogen (secondary N) is 1. The number of hydrogen-bond acceptors (Lipinski definition) is 5. The van der Waals surface area contributed by atoms with Gasteiger partial charge in [-0.25, -0.2) is 9.78 Å². The minimum absolute atomic E-state index is 0.381. The van der Waals surface area contributed by atoms with Crippen LogP contribution in [0.3, 0.4) is 0 Å². The van der Waals surface area contributed by atoms with Crippen LogP contribution in [-0.2, 0) is 9.53 Å². The van der Waals surface area contributed by atoms with E-state index in [-0.39, 0.29) is 5.97 Å². The van der Waals surface area contributed by atoms with E-state index in [1.807, 2.05) is 37.4 Å². The summed E-state index contributed by atoms with van der Waals surface area (Å²) in [5, 5.41) is 5.56. The molecule has 2 fully saturated rings.